The van der Waals surface area contributed by atoms with Gasteiger partial charge in [-0.05, 0) is 54.6 Å². The molecule has 148 valence electrons. The zero-order chi connectivity index (χ0) is 21.0. The number of carboxylic acid groups (broad SMARTS) is 1. The van der Waals surface area contributed by atoms with E-state index >= 15 is 0 Å². The summed E-state index contributed by atoms with van der Waals surface area (Å²) in [5, 5.41) is 12.1. The van der Waals surface area contributed by atoms with Gasteiger partial charge in [-0.2, -0.15) is 0 Å². The monoisotopic (exact) mass is 430 g/mol. The molecule has 3 N–H and O–H groups in total. The van der Waals surface area contributed by atoms with Crippen LogP contribution in [0.1, 0.15) is 20.7 Å². The molecule has 0 aliphatic rings. The van der Waals surface area contributed by atoms with Gasteiger partial charge >= 0.3 is 5.97 Å². The average Bonchev–Trinajstić information content (AvgIpc) is 2.68. The number of hydrogen-bond acceptors (Lipinski definition) is 4. The Bertz CT molecular complexity index is 1180. The lowest BCUT2D eigenvalue weighted by atomic mass is 10.1. The van der Waals surface area contributed by atoms with Crippen LogP contribution in [0.3, 0.4) is 0 Å². The van der Waals surface area contributed by atoms with Gasteiger partial charge in [-0.25, -0.2) is 13.2 Å². The highest BCUT2D eigenvalue weighted by molar-refractivity contribution is 7.92. The quantitative estimate of drug-likeness (QED) is 0.545. The predicted octanol–water partition coefficient (Wildman–Crippen LogP) is 4.09. The average molecular weight is 431 g/mol. The lowest BCUT2D eigenvalue weighted by Crippen LogP contribution is -2.16. The molecule has 0 saturated carbocycles. The number of carboxylic acids is 1. The molecule has 3 aromatic rings. The van der Waals surface area contributed by atoms with Crippen molar-refractivity contribution in [2.24, 2.45) is 0 Å². The van der Waals surface area contributed by atoms with Crippen LogP contribution in [0.25, 0.3) is 0 Å². The van der Waals surface area contributed by atoms with Crippen molar-refractivity contribution in [1.29, 1.82) is 0 Å². The summed E-state index contributed by atoms with van der Waals surface area (Å²) in [4.78, 5) is 23.8. The highest BCUT2D eigenvalue weighted by Crippen LogP contribution is 2.21. The molecule has 0 bridgehead atoms. The third-order valence-electron chi connectivity index (χ3n) is 3.91. The van der Waals surface area contributed by atoms with Gasteiger partial charge < -0.3 is 10.4 Å². The smallest absolute Gasteiger partial charge is 0.337 e. The van der Waals surface area contributed by atoms with Gasteiger partial charge in [0.15, 0.2) is 0 Å². The second-order valence-corrected chi connectivity index (χ2v) is 8.06. The zero-order valence-corrected chi connectivity index (χ0v) is 16.4. The number of hydrogen-bond donors (Lipinski definition) is 3. The summed E-state index contributed by atoms with van der Waals surface area (Å²) in [6.07, 6.45) is 0. The fourth-order valence-electron chi connectivity index (χ4n) is 2.52. The molecule has 0 saturated heterocycles. The lowest BCUT2D eigenvalue weighted by Gasteiger charge is -2.11. The van der Waals surface area contributed by atoms with Gasteiger partial charge in [0.05, 0.1) is 16.1 Å². The molecule has 0 aromatic heterocycles. The minimum Gasteiger partial charge on any atom is -0.478 e. The fourth-order valence-corrected chi connectivity index (χ4v) is 3.70. The SMILES string of the molecule is O=C(Nc1ccccc1C(=O)O)c1cccc(NS(=O)(=O)c2ccc(Cl)cc2)c1. The van der Waals surface area contributed by atoms with E-state index in [2.05, 4.69) is 10.0 Å². The number of carbonyl (C=O) groups excluding carboxylic acids is 1. The summed E-state index contributed by atoms with van der Waals surface area (Å²) in [6, 6.07) is 17.5. The van der Waals surface area contributed by atoms with E-state index in [-0.39, 0.29) is 27.4 Å². The number of benzene rings is 3. The van der Waals surface area contributed by atoms with Crippen molar-refractivity contribution in [2.75, 3.05) is 10.0 Å². The van der Waals surface area contributed by atoms with Crippen LogP contribution in [-0.2, 0) is 10.0 Å². The highest BCUT2D eigenvalue weighted by atomic mass is 35.5. The standard InChI is InChI=1S/C20H15ClN2O5S/c21-14-8-10-16(11-9-14)29(27,28)23-15-5-3-4-13(12-15)19(24)22-18-7-2-1-6-17(18)20(25)26/h1-12,23H,(H,22,24)(H,25,26). The molecular weight excluding hydrogens is 416 g/mol. The maximum absolute atomic E-state index is 12.5. The van der Waals surface area contributed by atoms with Crippen LogP contribution < -0.4 is 10.0 Å². The number of para-hydroxylation sites is 1. The molecule has 0 spiro atoms. The normalized spacial score (nSPS) is 10.9. The van der Waals surface area contributed by atoms with Crippen LogP contribution in [0.5, 0.6) is 0 Å². The van der Waals surface area contributed by atoms with Crippen molar-refractivity contribution in [3.8, 4) is 0 Å². The maximum Gasteiger partial charge on any atom is 0.337 e. The summed E-state index contributed by atoms with van der Waals surface area (Å²) in [5.74, 6) is -1.75. The van der Waals surface area contributed by atoms with Crippen LogP contribution in [0.15, 0.2) is 77.7 Å². The van der Waals surface area contributed by atoms with E-state index in [0.717, 1.165) is 0 Å². The number of halogens is 1. The number of sulfonamides is 1. The minimum absolute atomic E-state index is 0.0205. The second-order valence-electron chi connectivity index (χ2n) is 5.95. The Balaban J connectivity index is 1.82. The number of amides is 1. The van der Waals surface area contributed by atoms with Crippen molar-refractivity contribution >= 4 is 44.9 Å². The molecule has 3 aromatic carbocycles. The molecule has 29 heavy (non-hydrogen) atoms. The highest BCUT2D eigenvalue weighted by Gasteiger charge is 2.16. The zero-order valence-electron chi connectivity index (χ0n) is 14.8. The Morgan fingerprint density at radius 2 is 1.59 bits per heavy atom. The Kier molecular flexibility index (Phi) is 5.86. The van der Waals surface area contributed by atoms with E-state index < -0.39 is 21.9 Å². The molecule has 3 rings (SSSR count). The van der Waals surface area contributed by atoms with Crippen molar-refractivity contribution in [3.05, 3.63) is 88.9 Å². The summed E-state index contributed by atoms with van der Waals surface area (Å²) < 4.78 is 27.4. The third-order valence-corrected chi connectivity index (χ3v) is 5.56. The van der Waals surface area contributed by atoms with E-state index in [9.17, 15) is 23.1 Å². The molecule has 0 aliphatic carbocycles. The van der Waals surface area contributed by atoms with E-state index in [1.807, 2.05) is 0 Å². The maximum atomic E-state index is 12.5. The van der Waals surface area contributed by atoms with E-state index in [0.29, 0.717) is 5.02 Å². The number of nitrogens with one attached hydrogen (secondary N) is 2. The first-order valence-electron chi connectivity index (χ1n) is 8.28. The van der Waals surface area contributed by atoms with Crippen molar-refractivity contribution < 1.29 is 23.1 Å². The van der Waals surface area contributed by atoms with Gasteiger partial charge in [-0.15, -0.1) is 0 Å². The second kappa shape index (κ2) is 8.34. The lowest BCUT2D eigenvalue weighted by molar-refractivity contribution is 0.0698. The molecule has 0 radical (unpaired) electrons. The minimum atomic E-state index is -3.87. The first kappa shape index (κ1) is 20.4. The van der Waals surface area contributed by atoms with E-state index in [1.54, 1.807) is 12.1 Å². The third kappa shape index (κ3) is 4.92. The van der Waals surface area contributed by atoms with Gasteiger partial charge in [-0.1, -0.05) is 29.8 Å². The van der Waals surface area contributed by atoms with E-state index in [1.165, 1.54) is 60.7 Å². The first-order chi connectivity index (χ1) is 13.8. The van der Waals surface area contributed by atoms with Gasteiger partial charge in [0, 0.05) is 16.3 Å². The molecule has 0 fully saturated rings. The van der Waals surface area contributed by atoms with Crippen molar-refractivity contribution in [2.45, 2.75) is 4.90 Å². The molecular formula is C20H15ClN2O5S. The largest absolute Gasteiger partial charge is 0.478 e. The first-order valence-corrected chi connectivity index (χ1v) is 10.1. The Labute approximate surface area is 172 Å². The summed E-state index contributed by atoms with van der Waals surface area (Å²) in [5.41, 5.74) is 0.415. The Hall–Kier alpha value is -3.36. The molecule has 0 atom stereocenters. The molecule has 0 unspecified atom stereocenters. The van der Waals surface area contributed by atoms with Crippen LogP contribution in [-0.4, -0.2) is 25.4 Å². The molecule has 1 amide bonds. The predicted molar refractivity (Wildman–Crippen MR) is 110 cm³/mol. The van der Waals surface area contributed by atoms with Gasteiger partial charge in [0.25, 0.3) is 15.9 Å². The molecule has 9 heteroatoms. The Morgan fingerprint density at radius 3 is 2.28 bits per heavy atom. The molecule has 7 nitrogen and oxygen atoms in total. The van der Waals surface area contributed by atoms with Gasteiger partial charge in [0.1, 0.15) is 0 Å². The summed E-state index contributed by atoms with van der Waals surface area (Å²) >= 11 is 5.78. The van der Waals surface area contributed by atoms with Crippen LogP contribution in [0.2, 0.25) is 5.02 Å². The van der Waals surface area contributed by atoms with Gasteiger partial charge in [-0.3, -0.25) is 9.52 Å². The molecule has 0 aliphatic heterocycles. The van der Waals surface area contributed by atoms with Crippen molar-refractivity contribution in [3.63, 3.8) is 0 Å². The van der Waals surface area contributed by atoms with Crippen LogP contribution >= 0.6 is 11.6 Å². The topological polar surface area (TPSA) is 113 Å². The number of carbonyl (C=O) groups is 2. The van der Waals surface area contributed by atoms with Crippen LogP contribution in [0.4, 0.5) is 11.4 Å². The van der Waals surface area contributed by atoms with Crippen LogP contribution in [0, 0.1) is 0 Å². The number of rotatable bonds is 6. The molecule has 0 heterocycles. The Morgan fingerprint density at radius 1 is 0.897 bits per heavy atom. The number of aromatic carboxylic acids is 1. The van der Waals surface area contributed by atoms with Gasteiger partial charge in [0.2, 0.25) is 0 Å². The fraction of sp³-hybridized carbons (Fsp3) is 0. The summed E-state index contributed by atoms with van der Waals surface area (Å²) in [6.45, 7) is 0. The van der Waals surface area contributed by atoms with E-state index in [4.69, 9.17) is 11.6 Å². The van der Waals surface area contributed by atoms with Crippen molar-refractivity contribution in [1.82, 2.24) is 0 Å². The number of anilines is 2. The summed E-state index contributed by atoms with van der Waals surface area (Å²) in [7, 11) is -3.87.